The fourth-order valence-electron chi connectivity index (χ4n) is 0.106. The van der Waals surface area contributed by atoms with Crippen LogP contribution in [0.3, 0.4) is 0 Å². The third kappa shape index (κ3) is 12.5. The van der Waals surface area contributed by atoms with Crippen LogP contribution in [0.2, 0.25) is 0 Å². The molecule has 0 fully saturated rings. The molecular weight excluding hydrogens is 194 g/mol. The molecule has 0 saturated carbocycles. The van der Waals surface area contributed by atoms with Crippen molar-refractivity contribution in [1.82, 2.24) is 0 Å². The van der Waals surface area contributed by atoms with E-state index in [1.807, 2.05) is 0 Å². The zero-order chi connectivity index (χ0) is 6.41. The van der Waals surface area contributed by atoms with Gasteiger partial charge in [0.1, 0.15) is 0 Å². The van der Waals surface area contributed by atoms with Crippen molar-refractivity contribution in [3.63, 3.8) is 0 Å². The molecule has 0 rings (SSSR count). The van der Waals surface area contributed by atoms with Gasteiger partial charge in [0.25, 0.3) is 0 Å². The Hall–Kier alpha value is 1.88. The zero-order valence-corrected chi connectivity index (χ0v) is 11.9. The minimum atomic E-state index is -1.32. The zero-order valence-electron chi connectivity index (χ0n) is 7.70. The summed E-state index contributed by atoms with van der Waals surface area (Å²) in [6.45, 7) is -0.266. The fraction of sp³-hybridized carbons (Fsp3) is 0. The molecule has 7 heteroatoms. The van der Waals surface area contributed by atoms with Gasteiger partial charge in [-0.3, -0.25) is 9.59 Å². The third-order valence-corrected chi connectivity index (χ3v) is 0.289. The molecule has 0 unspecified atom stereocenters. The number of hydrogen-bond acceptors (Lipinski definition) is 5. The van der Waals surface area contributed by atoms with E-state index in [1.54, 1.807) is 0 Å². The second kappa shape index (κ2) is 13.5. The smallest absolute Gasteiger partial charge is 1.00 e. The maximum absolute atomic E-state index is 9.74. The summed E-state index contributed by atoms with van der Waals surface area (Å²) < 4.78 is 7.02. The summed E-state index contributed by atoms with van der Waals surface area (Å²) in [5.41, 5.74) is 0. The van der Waals surface area contributed by atoms with Gasteiger partial charge in [-0.25, -0.2) is 4.79 Å². The first-order chi connectivity index (χ1) is 3.81. The van der Waals surface area contributed by atoms with Crippen LogP contribution in [0, 0.1) is 0 Å². The van der Waals surface area contributed by atoms with E-state index >= 15 is 0 Å². The van der Waals surface area contributed by atoms with Crippen molar-refractivity contribution < 1.29 is 129 Å². The van der Waals surface area contributed by atoms with Gasteiger partial charge in [-0.05, 0) is 0 Å². The summed E-state index contributed by atoms with van der Waals surface area (Å²) in [7, 11) is 0. The molecule has 0 aromatic rings. The maximum atomic E-state index is 9.74. The van der Waals surface area contributed by atoms with Crippen LogP contribution in [0.25, 0.3) is 0 Å². The van der Waals surface area contributed by atoms with E-state index in [2.05, 4.69) is 9.47 Å². The van der Waals surface area contributed by atoms with Gasteiger partial charge in [-0.1, -0.05) is 0 Å². The summed E-state index contributed by atoms with van der Waals surface area (Å²) in [5, 5.41) is 0. The Balaban J connectivity index is -0.0000000408. The molecule has 0 heterocycles. The van der Waals surface area contributed by atoms with Gasteiger partial charge in [-0.2, -0.15) is 0 Å². The Morgan fingerprint density at radius 2 is 1.40 bits per heavy atom. The Morgan fingerprint density at radius 1 is 1.10 bits per heavy atom. The summed E-state index contributed by atoms with van der Waals surface area (Å²) in [5.74, 6) is 0. The van der Waals surface area contributed by atoms with Gasteiger partial charge in [0, 0.05) is 0 Å². The van der Waals surface area contributed by atoms with E-state index in [9.17, 15) is 14.4 Å². The molecule has 5 nitrogen and oxygen atoms in total. The van der Waals surface area contributed by atoms with Crippen LogP contribution in [-0.2, 0) is 19.1 Å². The topological polar surface area (TPSA) is 69.7 Å². The molecule has 10 heavy (non-hydrogen) atoms. The molecule has 0 saturated heterocycles. The number of ether oxygens (including phenoxy) is 2. The molecule has 0 aromatic carbocycles. The van der Waals surface area contributed by atoms with Crippen LogP contribution in [0.15, 0.2) is 0 Å². The van der Waals surface area contributed by atoms with E-state index < -0.39 is 6.16 Å². The largest absolute Gasteiger partial charge is 1.00 e. The predicted molar refractivity (Wildman–Crippen MR) is 21.9 cm³/mol. The van der Waals surface area contributed by atoms with Gasteiger partial charge in [0.15, 0.2) is 0 Å². The summed E-state index contributed by atoms with van der Waals surface area (Å²) in [6, 6.07) is 0. The van der Waals surface area contributed by atoms with Gasteiger partial charge in [-0.15, -0.1) is 0 Å². The molecule has 0 aliphatic carbocycles. The SMILES string of the molecule is O=COC(=O)OC=O.[H-].[H-].[K+].[K+]. The minimum Gasteiger partial charge on any atom is -1.00 e. The minimum absolute atomic E-state index is 0. The third-order valence-electron chi connectivity index (χ3n) is 0.289. The molecule has 0 amide bonds. The average Bonchev–Trinajstić information content (AvgIpc) is 1.68. The molecule has 48 valence electrons. The average molecular weight is 198 g/mol. The van der Waals surface area contributed by atoms with Crippen LogP contribution < -0.4 is 103 Å². The molecule has 0 aliphatic rings. The molecule has 0 N–H and O–H groups in total. The van der Waals surface area contributed by atoms with Crippen molar-refractivity contribution in [2.75, 3.05) is 0 Å². The van der Waals surface area contributed by atoms with E-state index in [0.717, 1.165) is 0 Å². The predicted octanol–water partition coefficient (Wildman–Crippen LogP) is -6.31. The van der Waals surface area contributed by atoms with E-state index in [-0.39, 0.29) is 119 Å². The Morgan fingerprint density at radius 3 is 1.60 bits per heavy atom. The second-order valence-electron chi connectivity index (χ2n) is 0.678. The maximum Gasteiger partial charge on any atom is 1.00 e. The molecular formula is C3H4K2O5. The fourth-order valence-corrected chi connectivity index (χ4v) is 0.106. The van der Waals surface area contributed by atoms with Crippen molar-refractivity contribution >= 4 is 19.1 Å². The van der Waals surface area contributed by atoms with Crippen molar-refractivity contribution in [3.8, 4) is 0 Å². The standard InChI is InChI=1S/C3H2O5.2K.2H/c4-1-7-3(6)8-2-5;;;;/h1-2H;;;;/q;2*+1;2*-1. The molecule has 0 spiro atoms. The van der Waals surface area contributed by atoms with E-state index in [4.69, 9.17) is 0 Å². The molecule has 0 radical (unpaired) electrons. The van der Waals surface area contributed by atoms with Crippen LogP contribution in [0.5, 0.6) is 0 Å². The first kappa shape index (κ1) is 17.8. The quantitative estimate of drug-likeness (QED) is 0.191. The number of hydrogen-bond donors (Lipinski definition) is 0. The Bertz CT molecular complexity index is 109. The molecule has 0 bridgehead atoms. The van der Waals surface area contributed by atoms with Crippen molar-refractivity contribution in [2.45, 2.75) is 0 Å². The van der Waals surface area contributed by atoms with E-state index in [1.165, 1.54) is 0 Å². The molecule has 0 aliphatic heterocycles. The van der Waals surface area contributed by atoms with Crippen LogP contribution in [0.4, 0.5) is 4.79 Å². The van der Waals surface area contributed by atoms with Gasteiger partial charge in [0.05, 0.1) is 0 Å². The van der Waals surface area contributed by atoms with Crippen LogP contribution in [0.1, 0.15) is 2.85 Å². The summed E-state index contributed by atoms with van der Waals surface area (Å²) >= 11 is 0. The summed E-state index contributed by atoms with van der Waals surface area (Å²) in [6.07, 6.45) is -1.32. The van der Waals surface area contributed by atoms with Crippen molar-refractivity contribution in [1.29, 1.82) is 0 Å². The van der Waals surface area contributed by atoms with E-state index in [0.29, 0.717) is 0 Å². The van der Waals surface area contributed by atoms with Crippen LogP contribution >= 0.6 is 0 Å². The molecule has 0 atom stereocenters. The molecule has 0 aromatic heterocycles. The number of carbonyl (C=O) groups excluding carboxylic acids is 3. The summed E-state index contributed by atoms with van der Waals surface area (Å²) in [4.78, 5) is 28.2. The van der Waals surface area contributed by atoms with Gasteiger partial charge in [0.2, 0.25) is 0 Å². The Labute approximate surface area is 145 Å². The first-order valence-electron chi connectivity index (χ1n) is 1.56. The monoisotopic (exact) mass is 198 g/mol. The van der Waals surface area contributed by atoms with Gasteiger partial charge >= 0.3 is 122 Å². The van der Waals surface area contributed by atoms with Crippen molar-refractivity contribution in [2.24, 2.45) is 0 Å². The van der Waals surface area contributed by atoms with Crippen LogP contribution in [-0.4, -0.2) is 19.1 Å². The first-order valence-corrected chi connectivity index (χ1v) is 1.56. The Kier molecular flexibility index (Phi) is 24.0. The number of carbonyl (C=O) groups is 3. The number of rotatable bonds is 2. The van der Waals surface area contributed by atoms with Crippen molar-refractivity contribution in [3.05, 3.63) is 0 Å². The van der Waals surface area contributed by atoms with Gasteiger partial charge < -0.3 is 12.3 Å². The second-order valence-corrected chi connectivity index (χ2v) is 0.678. The normalized spacial score (nSPS) is 5.60.